The van der Waals surface area contributed by atoms with Crippen LogP contribution in [0, 0.1) is 6.92 Å². The van der Waals surface area contributed by atoms with Gasteiger partial charge in [-0.1, -0.05) is 36.4 Å². The monoisotopic (exact) mass is 320 g/mol. The van der Waals surface area contributed by atoms with Gasteiger partial charge in [-0.3, -0.25) is 9.78 Å². The van der Waals surface area contributed by atoms with Gasteiger partial charge in [-0.05, 0) is 31.0 Å². The number of nitrogens with one attached hydrogen (secondary N) is 1. The van der Waals surface area contributed by atoms with E-state index in [1.54, 1.807) is 17.4 Å². The van der Waals surface area contributed by atoms with Crippen molar-refractivity contribution >= 4 is 5.91 Å². The minimum atomic E-state index is -0.0738. The van der Waals surface area contributed by atoms with E-state index in [1.807, 2.05) is 43.3 Å². The smallest absolute Gasteiger partial charge is 0.274 e. The van der Waals surface area contributed by atoms with Crippen molar-refractivity contribution in [1.29, 1.82) is 0 Å². The molecule has 0 fully saturated rings. The van der Waals surface area contributed by atoms with Crippen molar-refractivity contribution in [2.24, 2.45) is 0 Å². The van der Waals surface area contributed by atoms with Gasteiger partial charge in [0, 0.05) is 18.4 Å². The Labute approximate surface area is 141 Å². The third-order valence-corrected chi connectivity index (χ3v) is 3.91. The first-order chi connectivity index (χ1) is 11.7. The molecule has 0 unspecified atom stereocenters. The Morgan fingerprint density at radius 1 is 1.08 bits per heavy atom. The van der Waals surface area contributed by atoms with Gasteiger partial charge in [0.15, 0.2) is 0 Å². The van der Waals surface area contributed by atoms with E-state index in [1.165, 1.54) is 5.56 Å². The summed E-state index contributed by atoms with van der Waals surface area (Å²) in [6, 6.07) is 15.9. The van der Waals surface area contributed by atoms with Crippen molar-refractivity contribution in [3.8, 4) is 0 Å². The number of imidazole rings is 1. The molecule has 5 nitrogen and oxygen atoms in total. The summed E-state index contributed by atoms with van der Waals surface area (Å²) < 4.78 is 0. The summed E-state index contributed by atoms with van der Waals surface area (Å²) in [5.74, 6) is -0.0738. The standard InChI is InChI=1S/C19H20N4O/c1-15-18(22-14-21-15)19(24)23(13-17-9-5-6-11-20-17)12-10-16-7-3-2-4-8-16/h2-9,11,14H,10,12-13H2,1H3,(H,21,22). The van der Waals surface area contributed by atoms with Crippen LogP contribution in [0.25, 0.3) is 0 Å². The third-order valence-electron chi connectivity index (χ3n) is 3.91. The maximum Gasteiger partial charge on any atom is 0.274 e. The highest BCUT2D eigenvalue weighted by atomic mass is 16.2. The average Bonchev–Trinajstić information content (AvgIpc) is 3.06. The van der Waals surface area contributed by atoms with Gasteiger partial charge >= 0.3 is 0 Å². The predicted molar refractivity (Wildman–Crippen MR) is 92.4 cm³/mol. The fraction of sp³-hybridized carbons (Fsp3) is 0.211. The number of nitrogens with zero attached hydrogens (tertiary/aromatic N) is 3. The summed E-state index contributed by atoms with van der Waals surface area (Å²) in [7, 11) is 0. The molecule has 5 heteroatoms. The average molecular weight is 320 g/mol. The molecule has 2 aromatic heterocycles. The summed E-state index contributed by atoms with van der Waals surface area (Å²) in [5, 5.41) is 0. The van der Waals surface area contributed by atoms with Crippen molar-refractivity contribution in [3.05, 3.63) is 83.7 Å². The zero-order valence-electron chi connectivity index (χ0n) is 13.6. The predicted octanol–water partition coefficient (Wildman–Crippen LogP) is 3.00. The molecule has 1 aromatic carbocycles. The Morgan fingerprint density at radius 3 is 2.54 bits per heavy atom. The first kappa shape index (κ1) is 15.9. The SMILES string of the molecule is Cc1[nH]cnc1C(=O)N(CCc1ccccc1)Cc1ccccn1. The maximum atomic E-state index is 12.9. The van der Waals surface area contributed by atoms with Crippen molar-refractivity contribution in [2.75, 3.05) is 6.54 Å². The maximum absolute atomic E-state index is 12.9. The number of aryl methyl sites for hydroxylation is 1. The Morgan fingerprint density at radius 2 is 1.88 bits per heavy atom. The summed E-state index contributed by atoms with van der Waals surface area (Å²) in [6.45, 7) is 2.95. The van der Waals surface area contributed by atoms with Gasteiger partial charge in [-0.15, -0.1) is 0 Å². The zero-order valence-corrected chi connectivity index (χ0v) is 13.6. The molecule has 0 radical (unpaired) electrons. The molecule has 0 saturated heterocycles. The minimum absolute atomic E-state index is 0.0738. The van der Waals surface area contributed by atoms with Gasteiger partial charge in [0.1, 0.15) is 5.69 Å². The second kappa shape index (κ2) is 7.55. The summed E-state index contributed by atoms with van der Waals surface area (Å²) in [6.07, 6.45) is 4.09. The highest BCUT2D eigenvalue weighted by Crippen LogP contribution is 2.11. The quantitative estimate of drug-likeness (QED) is 0.759. The van der Waals surface area contributed by atoms with Gasteiger partial charge in [-0.2, -0.15) is 0 Å². The molecular weight excluding hydrogens is 300 g/mol. The van der Waals surface area contributed by atoms with Gasteiger partial charge < -0.3 is 9.88 Å². The molecule has 122 valence electrons. The topological polar surface area (TPSA) is 61.9 Å². The fourth-order valence-corrected chi connectivity index (χ4v) is 2.57. The van der Waals surface area contributed by atoms with E-state index in [9.17, 15) is 4.79 Å². The van der Waals surface area contributed by atoms with Crippen molar-refractivity contribution in [2.45, 2.75) is 19.9 Å². The van der Waals surface area contributed by atoms with Crippen molar-refractivity contribution < 1.29 is 4.79 Å². The van der Waals surface area contributed by atoms with Crippen LogP contribution < -0.4 is 0 Å². The van der Waals surface area contributed by atoms with E-state index in [-0.39, 0.29) is 5.91 Å². The van der Waals surface area contributed by atoms with E-state index >= 15 is 0 Å². The number of hydrogen-bond acceptors (Lipinski definition) is 3. The lowest BCUT2D eigenvalue weighted by Crippen LogP contribution is -2.33. The number of aromatic amines is 1. The number of carbonyl (C=O) groups is 1. The number of amides is 1. The normalized spacial score (nSPS) is 10.5. The number of rotatable bonds is 6. The van der Waals surface area contributed by atoms with Crippen LogP contribution in [0.2, 0.25) is 0 Å². The molecule has 0 spiro atoms. The van der Waals surface area contributed by atoms with Crippen LogP contribution >= 0.6 is 0 Å². The van der Waals surface area contributed by atoms with Gasteiger partial charge in [0.25, 0.3) is 5.91 Å². The molecule has 0 aliphatic rings. The van der Waals surface area contributed by atoms with Crippen LogP contribution in [-0.2, 0) is 13.0 Å². The summed E-state index contributed by atoms with van der Waals surface area (Å²) in [5.41, 5.74) is 3.33. The van der Waals surface area contributed by atoms with E-state index in [0.717, 1.165) is 17.8 Å². The molecule has 3 aromatic rings. The van der Waals surface area contributed by atoms with Gasteiger partial charge in [-0.25, -0.2) is 4.98 Å². The van der Waals surface area contributed by atoms with E-state index in [2.05, 4.69) is 27.1 Å². The number of aromatic nitrogens is 3. The third kappa shape index (κ3) is 3.87. The van der Waals surface area contributed by atoms with Crippen LogP contribution in [0.15, 0.2) is 61.1 Å². The number of H-pyrrole nitrogens is 1. The summed E-state index contributed by atoms with van der Waals surface area (Å²) in [4.78, 5) is 26.1. The van der Waals surface area contributed by atoms with Crippen LogP contribution in [0.3, 0.4) is 0 Å². The minimum Gasteiger partial charge on any atom is -0.348 e. The van der Waals surface area contributed by atoms with Crippen LogP contribution in [-0.4, -0.2) is 32.3 Å². The zero-order chi connectivity index (χ0) is 16.8. The highest BCUT2D eigenvalue weighted by molar-refractivity contribution is 5.93. The lowest BCUT2D eigenvalue weighted by Gasteiger charge is -2.22. The molecule has 0 atom stereocenters. The summed E-state index contributed by atoms with van der Waals surface area (Å²) >= 11 is 0. The Hall–Kier alpha value is -2.95. The molecule has 2 heterocycles. The van der Waals surface area contributed by atoms with E-state index in [0.29, 0.717) is 18.8 Å². The fourth-order valence-electron chi connectivity index (χ4n) is 2.57. The Balaban J connectivity index is 1.78. The number of hydrogen-bond donors (Lipinski definition) is 1. The molecule has 1 N–H and O–H groups in total. The molecule has 1 amide bonds. The van der Waals surface area contributed by atoms with Crippen LogP contribution in [0.1, 0.15) is 27.4 Å². The molecule has 0 aliphatic heterocycles. The first-order valence-corrected chi connectivity index (χ1v) is 7.97. The molecule has 0 aliphatic carbocycles. The lowest BCUT2D eigenvalue weighted by molar-refractivity contribution is 0.0737. The van der Waals surface area contributed by atoms with Crippen LogP contribution in [0.5, 0.6) is 0 Å². The van der Waals surface area contributed by atoms with Crippen molar-refractivity contribution in [3.63, 3.8) is 0 Å². The highest BCUT2D eigenvalue weighted by Gasteiger charge is 2.20. The van der Waals surface area contributed by atoms with Crippen LogP contribution in [0.4, 0.5) is 0 Å². The first-order valence-electron chi connectivity index (χ1n) is 7.97. The number of carbonyl (C=O) groups excluding carboxylic acids is 1. The molecule has 3 rings (SSSR count). The largest absolute Gasteiger partial charge is 0.348 e. The van der Waals surface area contributed by atoms with E-state index in [4.69, 9.17) is 0 Å². The molecule has 0 saturated carbocycles. The van der Waals surface area contributed by atoms with Crippen molar-refractivity contribution in [1.82, 2.24) is 19.9 Å². The Kier molecular flexibility index (Phi) is 5.01. The second-order valence-electron chi connectivity index (χ2n) is 5.66. The number of pyridine rings is 1. The molecule has 0 bridgehead atoms. The Bertz CT molecular complexity index is 783. The van der Waals surface area contributed by atoms with Gasteiger partial charge in [0.2, 0.25) is 0 Å². The lowest BCUT2D eigenvalue weighted by atomic mass is 10.1. The number of benzene rings is 1. The second-order valence-corrected chi connectivity index (χ2v) is 5.66. The molecule has 24 heavy (non-hydrogen) atoms. The molecular formula is C19H20N4O. The van der Waals surface area contributed by atoms with Gasteiger partial charge in [0.05, 0.1) is 18.6 Å². The van der Waals surface area contributed by atoms with E-state index < -0.39 is 0 Å².